The first-order valence-electron chi connectivity index (χ1n) is 10.1. The summed E-state index contributed by atoms with van der Waals surface area (Å²) in [7, 11) is 1.71. The van der Waals surface area contributed by atoms with Crippen LogP contribution in [0.2, 0.25) is 0 Å². The van der Waals surface area contributed by atoms with Crippen LogP contribution in [0.15, 0.2) is 65.4 Å². The number of pyridine rings is 1. The molecule has 4 rings (SSSR count). The Hall–Kier alpha value is -3.24. The van der Waals surface area contributed by atoms with Gasteiger partial charge in [-0.2, -0.15) is 0 Å². The highest BCUT2D eigenvalue weighted by Gasteiger charge is 2.29. The van der Waals surface area contributed by atoms with Crippen molar-refractivity contribution in [3.05, 3.63) is 94.3 Å². The van der Waals surface area contributed by atoms with Crippen molar-refractivity contribution in [2.75, 3.05) is 7.11 Å². The van der Waals surface area contributed by atoms with Crippen LogP contribution in [0.3, 0.4) is 0 Å². The van der Waals surface area contributed by atoms with Gasteiger partial charge in [-0.15, -0.1) is 0 Å². The summed E-state index contributed by atoms with van der Waals surface area (Å²) >= 11 is 0. The lowest BCUT2D eigenvalue weighted by atomic mass is 9.91. The molecule has 0 fully saturated rings. The largest absolute Gasteiger partial charge is 0.372 e. The second kappa shape index (κ2) is 8.25. The standard InChI is InChI=1S/C26H26N2O2/c1-16-8-10-21(18(3)13-16)24-23(25(29-5)20-7-6-12-27-15-20)26(30-28-24)22-11-9-17(2)14-19(22)4/h6-15,25H,1-5H3. The molecule has 0 aliphatic heterocycles. The first kappa shape index (κ1) is 20.0. The Balaban J connectivity index is 1.99. The van der Waals surface area contributed by atoms with E-state index in [4.69, 9.17) is 9.26 Å². The van der Waals surface area contributed by atoms with Crippen LogP contribution in [0.1, 0.15) is 39.5 Å². The van der Waals surface area contributed by atoms with E-state index in [0.717, 1.165) is 44.8 Å². The van der Waals surface area contributed by atoms with E-state index >= 15 is 0 Å². The number of hydrogen-bond donors (Lipinski definition) is 0. The molecule has 1 unspecified atom stereocenters. The molecule has 0 radical (unpaired) electrons. The fourth-order valence-corrected chi connectivity index (χ4v) is 4.03. The van der Waals surface area contributed by atoms with Crippen LogP contribution in [0.5, 0.6) is 0 Å². The van der Waals surface area contributed by atoms with E-state index < -0.39 is 0 Å². The van der Waals surface area contributed by atoms with Gasteiger partial charge in [-0.25, -0.2) is 0 Å². The molecule has 30 heavy (non-hydrogen) atoms. The van der Waals surface area contributed by atoms with Crippen molar-refractivity contribution in [2.45, 2.75) is 33.8 Å². The van der Waals surface area contributed by atoms with Gasteiger partial charge in [0.05, 0.1) is 5.56 Å². The zero-order valence-corrected chi connectivity index (χ0v) is 18.1. The molecule has 152 valence electrons. The zero-order chi connectivity index (χ0) is 21.3. The zero-order valence-electron chi connectivity index (χ0n) is 18.1. The van der Waals surface area contributed by atoms with E-state index in [2.05, 4.69) is 74.2 Å². The highest BCUT2D eigenvalue weighted by molar-refractivity contribution is 5.77. The monoisotopic (exact) mass is 398 g/mol. The molecule has 0 saturated heterocycles. The van der Waals surface area contributed by atoms with Gasteiger partial charge in [0.1, 0.15) is 11.8 Å². The molecular weight excluding hydrogens is 372 g/mol. The first-order valence-corrected chi connectivity index (χ1v) is 10.1. The van der Waals surface area contributed by atoms with Crippen molar-refractivity contribution < 1.29 is 9.26 Å². The molecule has 0 spiro atoms. The fraction of sp³-hybridized carbons (Fsp3) is 0.231. The molecule has 0 aliphatic carbocycles. The normalized spacial score (nSPS) is 12.2. The third kappa shape index (κ3) is 3.66. The topological polar surface area (TPSA) is 48.2 Å². The van der Waals surface area contributed by atoms with Crippen molar-refractivity contribution >= 4 is 0 Å². The number of aromatic nitrogens is 2. The minimum atomic E-state index is -0.351. The lowest BCUT2D eigenvalue weighted by molar-refractivity contribution is 0.136. The summed E-state index contributed by atoms with van der Waals surface area (Å²) in [4.78, 5) is 4.30. The van der Waals surface area contributed by atoms with Crippen LogP contribution < -0.4 is 0 Å². The van der Waals surface area contributed by atoms with Gasteiger partial charge in [0.2, 0.25) is 0 Å². The number of benzene rings is 2. The Bertz CT molecular complexity index is 1110. The van der Waals surface area contributed by atoms with E-state index in [1.165, 1.54) is 11.1 Å². The smallest absolute Gasteiger partial charge is 0.173 e. The summed E-state index contributed by atoms with van der Waals surface area (Å²) < 4.78 is 12.0. The Morgan fingerprint density at radius 2 is 1.53 bits per heavy atom. The van der Waals surface area contributed by atoms with E-state index in [9.17, 15) is 0 Å². The van der Waals surface area contributed by atoms with Gasteiger partial charge in [0.15, 0.2) is 5.76 Å². The molecule has 0 amide bonds. The average Bonchev–Trinajstić information content (AvgIpc) is 3.14. The second-order valence-corrected chi connectivity index (χ2v) is 7.81. The Kier molecular flexibility index (Phi) is 5.51. The van der Waals surface area contributed by atoms with E-state index in [1.807, 2.05) is 18.3 Å². The molecule has 2 aromatic heterocycles. The lowest BCUT2D eigenvalue weighted by Gasteiger charge is -2.18. The molecule has 4 nitrogen and oxygen atoms in total. The van der Waals surface area contributed by atoms with Gasteiger partial charge in [-0.3, -0.25) is 4.98 Å². The van der Waals surface area contributed by atoms with Crippen LogP contribution in [0.4, 0.5) is 0 Å². The van der Waals surface area contributed by atoms with Crippen molar-refractivity contribution in [3.63, 3.8) is 0 Å². The number of hydrogen-bond acceptors (Lipinski definition) is 4. The molecule has 0 bridgehead atoms. The van der Waals surface area contributed by atoms with Gasteiger partial charge >= 0.3 is 0 Å². The predicted octanol–water partition coefficient (Wildman–Crippen LogP) is 6.37. The summed E-state index contributed by atoms with van der Waals surface area (Å²) in [5, 5.41) is 4.54. The van der Waals surface area contributed by atoms with Crippen molar-refractivity contribution in [1.82, 2.24) is 10.1 Å². The first-order chi connectivity index (χ1) is 14.5. The van der Waals surface area contributed by atoms with Gasteiger partial charge in [0, 0.05) is 36.2 Å². The van der Waals surface area contributed by atoms with E-state index in [1.54, 1.807) is 13.3 Å². The maximum Gasteiger partial charge on any atom is 0.173 e. The molecule has 4 heteroatoms. The maximum atomic E-state index is 6.00. The van der Waals surface area contributed by atoms with Crippen molar-refractivity contribution in [1.29, 1.82) is 0 Å². The SMILES string of the molecule is COC(c1cccnc1)c1c(-c2ccc(C)cc2C)noc1-c1ccc(C)cc1C. The molecule has 4 aromatic rings. The minimum Gasteiger partial charge on any atom is -0.372 e. The summed E-state index contributed by atoms with van der Waals surface area (Å²) in [5.74, 6) is 0.734. The van der Waals surface area contributed by atoms with Crippen molar-refractivity contribution in [2.24, 2.45) is 0 Å². The molecular formula is C26H26N2O2. The second-order valence-electron chi connectivity index (χ2n) is 7.81. The predicted molar refractivity (Wildman–Crippen MR) is 119 cm³/mol. The maximum absolute atomic E-state index is 6.00. The molecule has 0 N–H and O–H groups in total. The van der Waals surface area contributed by atoms with Crippen LogP contribution in [-0.2, 0) is 4.74 Å². The number of ether oxygens (including phenoxy) is 1. The van der Waals surface area contributed by atoms with Gasteiger partial charge in [-0.05, 0) is 44.9 Å². The molecule has 0 aliphatic rings. The average molecular weight is 399 g/mol. The number of methoxy groups -OCH3 is 1. The summed E-state index contributed by atoms with van der Waals surface area (Å²) in [5.41, 5.74) is 9.46. The van der Waals surface area contributed by atoms with Gasteiger partial charge in [0.25, 0.3) is 0 Å². The highest BCUT2D eigenvalue weighted by atomic mass is 16.5. The molecule has 1 atom stereocenters. The van der Waals surface area contributed by atoms with Crippen LogP contribution in [-0.4, -0.2) is 17.3 Å². The quantitative estimate of drug-likeness (QED) is 0.392. The Labute approximate surface area is 177 Å². The third-order valence-corrected chi connectivity index (χ3v) is 5.48. The summed E-state index contributed by atoms with van der Waals surface area (Å²) in [6.45, 7) is 8.38. The number of nitrogens with zero attached hydrogens (tertiary/aromatic N) is 2. The lowest BCUT2D eigenvalue weighted by Crippen LogP contribution is -2.06. The fourth-order valence-electron chi connectivity index (χ4n) is 4.03. The van der Waals surface area contributed by atoms with Crippen molar-refractivity contribution in [3.8, 4) is 22.6 Å². The molecule has 0 saturated carbocycles. The van der Waals surface area contributed by atoms with Crippen LogP contribution >= 0.6 is 0 Å². The van der Waals surface area contributed by atoms with Crippen LogP contribution in [0, 0.1) is 27.7 Å². The van der Waals surface area contributed by atoms with E-state index in [-0.39, 0.29) is 6.10 Å². The third-order valence-electron chi connectivity index (χ3n) is 5.48. The summed E-state index contributed by atoms with van der Waals surface area (Å²) in [6, 6.07) is 16.7. The highest BCUT2D eigenvalue weighted by Crippen LogP contribution is 2.42. The number of aryl methyl sites for hydroxylation is 4. The Morgan fingerprint density at radius 3 is 2.10 bits per heavy atom. The van der Waals surface area contributed by atoms with Gasteiger partial charge < -0.3 is 9.26 Å². The minimum absolute atomic E-state index is 0.351. The molecule has 2 heterocycles. The van der Waals surface area contributed by atoms with E-state index in [0.29, 0.717) is 0 Å². The Morgan fingerprint density at radius 1 is 0.867 bits per heavy atom. The molecule has 2 aromatic carbocycles. The van der Waals surface area contributed by atoms with Gasteiger partial charge in [-0.1, -0.05) is 58.7 Å². The van der Waals surface area contributed by atoms with Crippen LogP contribution in [0.25, 0.3) is 22.6 Å². The summed E-state index contributed by atoms with van der Waals surface area (Å²) in [6.07, 6.45) is 3.25. The number of rotatable bonds is 5.